The number of hydrogen-bond donors (Lipinski definition) is 3. The molecule has 1 unspecified atom stereocenters. The topological polar surface area (TPSA) is 61.4 Å². The van der Waals surface area contributed by atoms with E-state index in [0.717, 1.165) is 36.2 Å². The number of hydrogen-bond acceptors (Lipinski definition) is 3. The number of fused-ring (bicyclic) bond motifs is 1. The maximum absolute atomic E-state index is 12.3. The first kappa shape index (κ1) is 14.9. The Morgan fingerprint density at radius 3 is 3.00 bits per heavy atom. The average molecular weight is 276 g/mol. The standard InChI is InChI=1S/C16H24N2O2/c1-11(2)9-12(19)10-18-16(20)14-5-3-7-15-13(14)6-4-8-17-15/h3,5,7,11-12,17,19H,4,6,8-10H2,1-2H3,(H,18,20). The smallest absolute Gasteiger partial charge is 0.251 e. The fourth-order valence-electron chi connectivity index (χ4n) is 2.66. The number of rotatable bonds is 5. The van der Waals surface area contributed by atoms with Crippen LogP contribution in [0.2, 0.25) is 0 Å². The molecular weight excluding hydrogens is 252 g/mol. The molecule has 0 saturated heterocycles. The van der Waals surface area contributed by atoms with Crippen molar-refractivity contribution in [1.82, 2.24) is 5.32 Å². The number of anilines is 1. The van der Waals surface area contributed by atoms with E-state index in [2.05, 4.69) is 24.5 Å². The van der Waals surface area contributed by atoms with Gasteiger partial charge in [-0.2, -0.15) is 0 Å². The zero-order valence-corrected chi connectivity index (χ0v) is 12.3. The van der Waals surface area contributed by atoms with Crippen LogP contribution < -0.4 is 10.6 Å². The van der Waals surface area contributed by atoms with Gasteiger partial charge in [-0.15, -0.1) is 0 Å². The van der Waals surface area contributed by atoms with Gasteiger partial charge in [0.15, 0.2) is 0 Å². The fourth-order valence-corrected chi connectivity index (χ4v) is 2.66. The molecule has 1 aliphatic rings. The van der Waals surface area contributed by atoms with Crippen molar-refractivity contribution in [3.05, 3.63) is 29.3 Å². The number of amides is 1. The maximum atomic E-state index is 12.3. The molecule has 0 aromatic heterocycles. The Kier molecular flexibility index (Phi) is 5.01. The number of aliphatic hydroxyl groups excluding tert-OH is 1. The Labute approximate surface area is 120 Å². The monoisotopic (exact) mass is 276 g/mol. The lowest BCUT2D eigenvalue weighted by Gasteiger charge is -2.21. The summed E-state index contributed by atoms with van der Waals surface area (Å²) in [5.41, 5.74) is 2.88. The number of carbonyl (C=O) groups excluding carboxylic acids is 1. The summed E-state index contributed by atoms with van der Waals surface area (Å²) >= 11 is 0. The predicted octanol–water partition coefficient (Wildman–Crippen LogP) is 2.18. The molecular formula is C16H24N2O2. The summed E-state index contributed by atoms with van der Waals surface area (Å²) in [6, 6.07) is 5.77. The van der Waals surface area contributed by atoms with E-state index in [4.69, 9.17) is 0 Å². The van der Waals surface area contributed by atoms with Gasteiger partial charge in [0.05, 0.1) is 6.10 Å². The van der Waals surface area contributed by atoms with Crippen LogP contribution in [0.1, 0.15) is 42.6 Å². The molecule has 0 spiro atoms. The Morgan fingerprint density at radius 1 is 1.45 bits per heavy atom. The lowest BCUT2D eigenvalue weighted by atomic mass is 9.97. The summed E-state index contributed by atoms with van der Waals surface area (Å²) in [5, 5.41) is 16.0. The molecule has 0 fully saturated rings. The van der Waals surface area contributed by atoms with Crippen LogP contribution in [0.15, 0.2) is 18.2 Å². The van der Waals surface area contributed by atoms with Gasteiger partial charge in [0.1, 0.15) is 0 Å². The molecule has 1 amide bonds. The molecule has 20 heavy (non-hydrogen) atoms. The van der Waals surface area contributed by atoms with Crippen molar-refractivity contribution in [2.24, 2.45) is 5.92 Å². The minimum absolute atomic E-state index is 0.0895. The molecule has 0 aliphatic carbocycles. The van der Waals surface area contributed by atoms with E-state index in [1.807, 2.05) is 18.2 Å². The van der Waals surface area contributed by atoms with Gasteiger partial charge < -0.3 is 15.7 Å². The van der Waals surface area contributed by atoms with E-state index in [9.17, 15) is 9.90 Å². The maximum Gasteiger partial charge on any atom is 0.251 e. The van der Waals surface area contributed by atoms with Gasteiger partial charge in [0, 0.05) is 24.3 Å². The molecule has 4 heteroatoms. The lowest BCUT2D eigenvalue weighted by Crippen LogP contribution is -2.33. The highest BCUT2D eigenvalue weighted by molar-refractivity contribution is 5.97. The van der Waals surface area contributed by atoms with Crippen LogP contribution in [0.25, 0.3) is 0 Å². The SMILES string of the molecule is CC(C)CC(O)CNC(=O)c1cccc2c1CCCN2. The Balaban J connectivity index is 1.99. The van der Waals surface area contributed by atoms with Gasteiger partial charge in [-0.3, -0.25) is 4.79 Å². The van der Waals surface area contributed by atoms with Crippen molar-refractivity contribution < 1.29 is 9.90 Å². The van der Waals surface area contributed by atoms with Crippen LogP contribution in [-0.2, 0) is 6.42 Å². The van der Waals surface area contributed by atoms with Gasteiger partial charge in [0.25, 0.3) is 5.91 Å². The molecule has 0 bridgehead atoms. The molecule has 1 aromatic carbocycles. The van der Waals surface area contributed by atoms with Crippen molar-refractivity contribution >= 4 is 11.6 Å². The molecule has 110 valence electrons. The van der Waals surface area contributed by atoms with Gasteiger partial charge in [-0.05, 0) is 42.9 Å². The Bertz CT molecular complexity index is 472. The number of aliphatic hydroxyl groups is 1. The van der Waals surface area contributed by atoms with Crippen LogP contribution >= 0.6 is 0 Å². The quantitative estimate of drug-likeness (QED) is 0.772. The van der Waals surface area contributed by atoms with E-state index in [0.29, 0.717) is 18.9 Å². The summed E-state index contributed by atoms with van der Waals surface area (Å²) in [6.07, 6.45) is 2.21. The number of benzene rings is 1. The second-order valence-corrected chi connectivity index (χ2v) is 5.86. The van der Waals surface area contributed by atoms with Crippen molar-refractivity contribution in [3.63, 3.8) is 0 Å². The molecule has 1 atom stereocenters. The van der Waals surface area contributed by atoms with Gasteiger partial charge in [0.2, 0.25) is 0 Å². The van der Waals surface area contributed by atoms with E-state index < -0.39 is 6.10 Å². The number of carbonyl (C=O) groups is 1. The van der Waals surface area contributed by atoms with Crippen LogP contribution in [0.3, 0.4) is 0 Å². The van der Waals surface area contributed by atoms with E-state index >= 15 is 0 Å². The van der Waals surface area contributed by atoms with E-state index in [1.54, 1.807) is 0 Å². The van der Waals surface area contributed by atoms with Crippen molar-refractivity contribution in [1.29, 1.82) is 0 Å². The van der Waals surface area contributed by atoms with E-state index in [1.165, 1.54) is 0 Å². The van der Waals surface area contributed by atoms with Gasteiger partial charge in [-0.1, -0.05) is 19.9 Å². The minimum atomic E-state index is -0.475. The first-order valence-electron chi connectivity index (χ1n) is 7.40. The van der Waals surface area contributed by atoms with Crippen LogP contribution in [0, 0.1) is 5.92 Å². The van der Waals surface area contributed by atoms with Crippen molar-refractivity contribution in [2.45, 2.75) is 39.2 Å². The normalized spacial score (nSPS) is 15.4. The summed E-state index contributed by atoms with van der Waals surface area (Å²) in [7, 11) is 0. The Hall–Kier alpha value is -1.55. The van der Waals surface area contributed by atoms with Gasteiger partial charge in [-0.25, -0.2) is 0 Å². The Morgan fingerprint density at radius 2 is 2.25 bits per heavy atom. The molecule has 3 N–H and O–H groups in total. The second-order valence-electron chi connectivity index (χ2n) is 5.86. The molecule has 4 nitrogen and oxygen atoms in total. The highest BCUT2D eigenvalue weighted by atomic mass is 16.3. The van der Waals surface area contributed by atoms with E-state index in [-0.39, 0.29) is 5.91 Å². The van der Waals surface area contributed by atoms with Crippen LogP contribution in [-0.4, -0.2) is 30.2 Å². The van der Waals surface area contributed by atoms with Gasteiger partial charge >= 0.3 is 0 Å². The molecule has 0 radical (unpaired) electrons. The van der Waals surface area contributed by atoms with Crippen LogP contribution in [0.4, 0.5) is 5.69 Å². The third-order valence-electron chi connectivity index (χ3n) is 3.58. The predicted molar refractivity (Wildman–Crippen MR) is 81.0 cm³/mol. The van der Waals surface area contributed by atoms with Crippen molar-refractivity contribution in [2.75, 3.05) is 18.4 Å². The average Bonchev–Trinajstić information content (AvgIpc) is 2.43. The highest BCUT2D eigenvalue weighted by Gasteiger charge is 2.18. The van der Waals surface area contributed by atoms with Crippen LogP contribution in [0.5, 0.6) is 0 Å². The zero-order valence-electron chi connectivity index (χ0n) is 12.3. The minimum Gasteiger partial charge on any atom is -0.391 e. The number of nitrogens with one attached hydrogen (secondary N) is 2. The largest absolute Gasteiger partial charge is 0.391 e. The second kappa shape index (κ2) is 6.75. The van der Waals surface area contributed by atoms with Crippen molar-refractivity contribution in [3.8, 4) is 0 Å². The zero-order chi connectivity index (χ0) is 14.5. The summed E-state index contributed by atoms with van der Waals surface area (Å²) in [4.78, 5) is 12.3. The first-order chi connectivity index (χ1) is 9.58. The summed E-state index contributed by atoms with van der Waals surface area (Å²) in [6.45, 7) is 5.40. The summed E-state index contributed by atoms with van der Waals surface area (Å²) in [5.74, 6) is 0.337. The first-order valence-corrected chi connectivity index (χ1v) is 7.40. The molecule has 0 saturated carbocycles. The lowest BCUT2D eigenvalue weighted by molar-refractivity contribution is 0.0899. The molecule has 1 aliphatic heterocycles. The molecule has 2 rings (SSSR count). The summed E-state index contributed by atoms with van der Waals surface area (Å²) < 4.78 is 0. The third kappa shape index (κ3) is 3.73. The third-order valence-corrected chi connectivity index (χ3v) is 3.58. The molecule has 1 aromatic rings. The molecule has 1 heterocycles. The fraction of sp³-hybridized carbons (Fsp3) is 0.562. The highest BCUT2D eigenvalue weighted by Crippen LogP contribution is 2.25.